The summed E-state index contributed by atoms with van der Waals surface area (Å²) in [6.07, 6.45) is 3.98. The van der Waals surface area contributed by atoms with Crippen molar-refractivity contribution in [3.8, 4) is 11.3 Å². The van der Waals surface area contributed by atoms with E-state index in [0.29, 0.717) is 15.7 Å². The van der Waals surface area contributed by atoms with Crippen molar-refractivity contribution in [2.75, 3.05) is 0 Å². The van der Waals surface area contributed by atoms with E-state index < -0.39 is 11.9 Å². The highest BCUT2D eigenvalue weighted by molar-refractivity contribution is 6.42. The molecule has 0 fully saturated rings. The molecular weight excluding hydrogens is 395 g/mol. The fraction of sp³-hybridized carbons (Fsp3) is 0.182. The molecular formula is C22H20Cl2N2O2. The van der Waals surface area contributed by atoms with Crippen molar-refractivity contribution < 1.29 is 9.90 Å². The van der Waals surface area contributed by atoms with Crippen LogP contribution in [0, 0.1) is 6.92 Å². The van der Waals surface area contributed by atoms with Crippen LogP contribution in [0.15, 0.2) is 54.6 Å². The summed E-state index contributed by atoms with van der Waals surface area (Å²) in [4.78, 5) is 11.9. The molecule has 28 heavy (non-hydrogen) atoms. The van der Waals surface area contributed by atoms with Crippen LogP contribution >= 0.6 is 23.2 Å². The number of hydrogen-bond acceptors (Lipinski definition) is 2. The van der Waals surface area contributed by atoms with E-state index in [1.807, 2.05) is 62.5 Å². The van der Waals surface area contributed by atoms with Crippen LogP contribution in [0.3, 0.4) is 0 Å². The molecule has 0 spiro atoms. The third-order valence-electron chi connectivity index (χ3n) is 4.45. The van der Waals surface area contributed by atoms with Crippen LogP contribution in [0.2, 0.25) is 10.0 Å². The zero-order valence-electron chi connectivity index (χ0n) is 15.6. The van der Waals surface area contributed by atoms with Gasteiger partial charge in [0.2, 0.25) is 0 Å². The second kappa shape index (κ2) is 8.63. The van der Waals surface area contributed by atoms with Crippen LogP contribution < -0.4 is 0 Å². The third kappa shape index (κ3) is 4.46. The molecule has 1 atom stereocenters. The molecule has 1 aromatic heterocycles. The number of carboxylic acids is 1. The first-order chi connectivity index (χ1) is 13.4. The number of aryl methyl sites for hydroxylation is 1. The molecule has 0 saturated carbocycles. The van der Waals surface area contributed by atoms with Gasteiger partial charge in [-0.25, -0.2) is 4.68 Å². The molecule has 3 rings (SSSR count). The van der Waals surface area contributed by atoms with Crippen LogP contribution in [0.4, 0.5) is 0 Å². The van der Waals surface area contributed by atoms with Crippen LogP contribution in [-0.4, -0.2) is 20.9 Å². The van der Waals surface area contributed by atoms with E-state index in [1.165, 1.54) is 0 Å². The smallest absolute Gasteiger partial charge is 0.311 e. The zero-order valence-corrected chi connectivity index (χ0v) is 17.1. The predicted octanol–water partition coefficient (Wildman–Crippen LogP) is 6.07. The lowest BCUT2D eigenvalue weighted by atomic mass is 9.93. The first kappa shape index (κ1) is 20.2. The second-order valence-corrected chi connectivity index (χ2v) is 7.40. The van der Waals surface area contributed by atoms with Crippen LogP contribution in [0.1, 0.15) is 29.7 Å². The highest BCUT2D eigenvalue weighted by atomic mass is 35.5. The molecule has 1 N–H and O–H groups in total. The SMILES string of the molecule is C/C=C/n1nc(CC(C(=O)O)c2cccc(C)c2)cc1-c1ccc(Cl)c(Cl)c1. The highest BCUT2D eigenvalue weighted by Crippen LogP contribution is 2.30. The highest BCUT2D eigenvalue weighted by Gasteiger charge is 2.23. The summed E-state index contributed by atoms with van der Waals surface area (Å²) in [6.45, 7) is 3.85. The van der Waals surface area contributed by atoms with Crippen molar-refractivity contribution in [1.29, 1.82) is 0 Å². The van der Waals surface area contributed by atoms with E-state index in [0.717, 1.165) is 22.4 Å². The summed E-state index contributed by atoms with van der Waals surface area (Å²) in [5, 5.41) is 15.3. The standard InChI is InChI=1S/C22H20Cl2N2O2/c1-3-9-26-21(16-7-8-19(23)20(24)11-16)13-17(25-26)12-18(22(27)28)15-6-4-5-14(2)10-15/h3-11,13,18H,12H2,1-2H3,(H,27,28)/b9-3+. The quantitative estimate of drug-likeness (QED) is 0.532. The molecule has 144 valence electrons. The maximum atomic E-state index is 11.9. The number of allylic oxidation sites excluding steroid dienone is 1. The first-order valence-corrected chi connectivity index (χ1v) is 9.60. The maximum Gasteiger partial charge on any atom is 0.311 e. The van der Waals surface area contributed by atoms with Crippen molar-refractivity contribution >= 4 is 35.4 Å². The summed E-state index contributed by atoms with van der Waals surface area (Å²) in [5.74, 6) is -1.54. The largest absolute Gasteiger partial charge is 0.481 e. The molecule has 2 aromatic carbocycles. The van der Waals surface area contributed by atoms with Gasteiger partial charge in [0.1, 0.15) is 0 Å². The van der Waals surface area contributed by atoms with Gasteiger partial charge in [-0.2, -0.15) is 5.10 Å². The summed E-state index contributed by atoms with van der Waals surface area (Å²) in [6, 6.07) is 14.8. The summed E-state index contributed by atoms with van der Waals surface area (Å²) < 4.78 is 1.73. The Bertz CT molecular complexity index is 1040. The number of nitrogens with zero attached hydrogens (tertiary/aromatic N) is 2. The molecule has 0 aliphatic heterocycles. The van der Waals surface area contributed by atoms with Crippen LogP contribution in [-0.2, 0) is 11.2 Å². The molecule has 0 aliphatic rings. The normalized spacial score (nSPS) is 12.4. The lowest BCUT2D eigenvalue weighted by Crippen LogP contribution is -2.15. The average Bonchev–Trinajstić information content (AvgIpc) is 3.04. The van der Waals surface area contributed by atoms with Crippen molar-refractivity contribution in [2.45, 2.75) is 26.2 Å². The number of benzene rings is 2. The van der Waals surface area contributed by atoms with Gasteiger partial charge in [-0.3, -0.25) is 4.79 Å². The Morgan fingerprint density at radius 2 is 1.96 bits per heavy atom. The monoisotopic (exact) mass is 414 g/mol. The van der Waals surface area contributed by atoms with Crippen molar-refractivity contribution in [1.82, 2.24) is 9.78 Å². The maximum absolute atomic E-state index is 11.9. The number of hydrogen-bond donors (Lipinski definition) is 1. The molecule has 0 radical (unpaired) electrons. The van der Waals surface area contributed by atoms with E-state index in [-0.39, 0.29) is 6.42 Å². The predicted molar refractivity (Wildman–Crippen MR) is 114 cm³/mol. The molecule has 0 bridgehead atoms. The van der Waals surface area contributed by atoms with Crippen molar-refractivity contribution in [2.24, 2.45) is 0 Å². The minimum atomic E-state index is -0.873. The lowest BCUT2D eigenvalue weighted by Gasteiger charge is -2.12. The first-order valence-electron chi connectivity index (χ1n) is 8.85. The van der Waals surface area contributed by atoms with Gasteiger partial charge in [0, 0.05) is 18.2 Å². The zero-order chi connectivity index (χ0) is 20.3. The van der Waals surface area contributed by atoms with E-state index in [9.17, 15) is 9.90 Å². The van der Waals surface area contributed by atoms with E-state index in [2.05, 4.69) is 5.10 Å². The fourth-order valence-corrected chi connectivity index (χ4v) is 3.41. The summed E-state index contributed by atoms with van der Waals surface area (Å²) >= 11 is 12.2. The van der Waals surface area contributed by atoms with Gasteiger partial charge in [0.25, 0.3) is 0 Å². The Morgan fingerprint density at radius 1 is 1.18 bits per heavy atom. The minimum Gasteiger partial charge on any atom is -0.481 e. The van der Waals surface area contributed by atoms with Gasteiger partial charge in [-0.05, 0) is 37.6 Å². The van der Waals surface area contributed by atoms with Gasteiger partial charge < -0.3 is 5.11 Å². The van der Waals surface area contributed by atoms with Crippen LogP contribution in [0.25, 0.3) is 17.5 Å². The summed E-state index contributed by atoms with van der Waals surface area (Å²) in [5.41, 5.74) is 4.16. The number of carbonyl (C=O) groups is 1. The number of rotatable bonds is 6. The molecule has 4 nitrogen and oxygen atoms in total. The average molecular weight is 415 g/mol. The number of aromatic nitrogens is 2. The third-order valence-corrected chi connectivity index (χ3v) is 5.19. The Hall–Kier alpha value is -2.56. The van der Waals surface area contributed by atoms with Gasteiger partial charge in [-0.1, -0.05) is 65.2 Å². The number of halogens is 2. The van der Waals surface area contributed by atoms with Crippen molar-refractivity contribution in [3.63, 3.8) is 0 Å². The van der Waals surface area contributed by atoms with Crippen LogP contribution in [0.5, 0.6) is 0 Å². The van der Waals surface area contributed by atoms with Crippen molar-refractivity contribution in [3.05, 3.63) is 81.5 Å². The Morgan fingerprint density at radius 3 is 2.61 bits per heavy atom. The van der Waals surface area contributed by atoms with Gasteiger partial charge in [0.15, 0.2) is 0 Å². The van der Waals surface area contributed by atoms with E-state index in [1.54, 1.807) is 16.8 Å². The van der Waals surface area contributed by atoms with Gasteiger partial charge in [0.05, 0.1) is 27.4 Å². The number of aliphatic carboxylic acids is 1. The van der Waals surface area contributed by atoms with E-state index in [4.69, 9.17) is 23.2 Å². The topological polar surface area (TPSA) is 55.1 Å². The van der Waals surface area contributed by atoms with Gasteiger partial charge in [-0.15, -0.1) is 0 Å². The molecule has 6 heteroatoms. The van der Waals surface area contributed by atoms with Gasteiger partial charge >= 0.3 is 5.97 Å². The Labute approximate surface area is 174 Å². The lowest BCUT2D eigenvalue weighted by molar-refractivity contribution is -0.138. The molecule has 0 aliphatic carbocycles. The molecule has 1 unspecified atom stereocenters. The second-order valence-electron chi connectivity index (χ2n) is 6.59. The number of carboxylic acid groups (broad SMARTS) is 1. The minimum absolute atomic E-state index is 0.289. The Kier molecular flexibility index (Phi) is 6.22. The molecule has 0 saturated heterocycles. The molecule has 0 amide bonds. The molecule has 1 heterocycles. The Balaban J connectivity index is 2.00. The van der Waals surface area contributed by atoms with E-state index >= 15 is 0 Å². The molecule has 3 aromatic rings. The summed E-state index contributed by atoms with van der Waals surface area (Å²) in [7, 11) is 0. The fourth-order valence-electron chi connectivity index (χ4n) is 3.11.